The zero-order valence-corrected chi connectivity index (χ0v) is 12.9. The van der Waals surface area contributed by atoms with Gasteiger partial charge in [0.15, 0.2) is 0 Å². The van der Waals surface area contributed by atoms with Crippen molar-refractivity contribution in [2.45, 2.75) is 11.8 Å². The van der Waals surface area contributed by atoms with E-state index in [0.29, 0.717) is 0 Å². The minimum atomic E-state index is -0.312. The van der Waals surface area contributed by atoms with E-state index in [-0.39, 0.29) is 70.1 Å². The SMILES string of the molecule is O=C1Nc2cc[c-]cc2C12CCNC2.[CH3-].[K+]. The number of rotatable bonds is 0. The summed E-state index contributed by atoms with van der Waals surface area (Å²) in [5.74, 6) is 0.136. The molecule has 2 aliphatic rings. The molecule has 0 bridgehead atoms. The monoisotopic (exact) mass is 241 g/mol. The van der Waals surface area contributed by atoms with Crippen LogP contribution in [0.1, 0.15) is 12.0 Å². The third kappa shape index (κ3) is 1.92. The predicted octanol–water partition coefficient (Wildman–Crippen LogP) is -1.88. The topological polar surface area (TPSA) is 41.1 Å². The van der Waals surface area contributed by atoms with Gasteiger partial charge in [-0.05, 0) is 13.0 Å². The minimum absolute atomic E-state index is 0. The Morgan fingerprint density at radius 3 is 2.94 bits per heavy atom. The van der Waals surface area contributed by atoms with Gasteiger partial charge in [0, 0.05) is 12.0 Å². The molecule has 1 saturated heterocycles. The minimum Gasteiger partial charge on any atom is -0.358 e. The molecule has 0 aromatic heterocycles. The average molecular weight is 241 g/mol. The van der Waals surface area contributed by atoms with Crippen LogP contribution in [-0.2, 0) is 10.2 Å². The first-order valence-corrected chi connectivity index (χ1v) is 4.86. The van der Waals surface area contributed by atoms with Crippen molar-refractivity contribution in [1.82, 2.24) is 5.32 Å². The summed E-state index contributed by atoms with van der Waals surface area (Å²) in [5.41, 5.74) is 1.75. The van der Waals surface area contributed by atoms with Crippen molar-refractivity contribution in [2.24, 2.45) is 0 Å². The third-order valence-electron chi connectivity index (χ3n) is 3.22. The number of fused-ring (bicyclic) bond motifs is 2. The number of hydrogen-bond acceptors (Lipinski definition) is 2. The predicted molar refractivity (Wildman–Crippen MR) is 59.5 cm³/mol. The Labute approximate surface area is 139 Å². The van der Waals surface area contributed by atoms with Crippen molar-refractivity contribution in [1.29, 1.82) is 0 Å². The number of hydrogen-bond donors (Lipinski definition) is 2. The standard InChI is InChI=1S/C11H11N2O.CH3.K/c14-10-11(5-6-12-7-11)8-3-1-2-4-9(8)13-10;;/h2-4,12H,5-7H2,(H,13,14);1H3;/q2*-1;+1. The molecule has 1 spiro atoms. The molecule has 2 N–H and O–H groups in total. The van der Waals surface area contributed by atoms with Crippen LogP contribution in [0.2, 0.25) is 0 Å². The Balaban J connectivity index is 0.000000640. The largest absolute Gasteiger partial charge is 1.00 e. The number of carbonyl (C=O) groups is 1. The zero-order chi connectivity index (χ0) is 9.60. The average Bonchev–Trinajstić information content (AvgIpc) is 2.77. The maximum atomic E-state index is 11.9. The summed E-state index contributed by atoms with van der Waals surface area (Å²) in [6.07, 6.45) is 0.893. The number of anilines is 1. The molecule has 0 aliphatic carbocycles. The van der Waals surface area contributed by atoms with E-state index in [9.17, 15) is 4.79 Å². The molecule has 4 heteroatoms. The van der Waals surface area contributed by atoms with Crippen molar-refractivity contribution in [3.63, 3.8) is 0 Å². The molecule has 3 nitrogen and oxygen atoms in total. The number of carbonyl (C=O) groups excluding carboxylic acids is 1. The van der Waals surface area contributed by atoms with Gasteiger partial charge in [0.1, 0.15) is 0 Å². The quantitative estimate of drug-likeness (QED) is 0.412. The fraction of sp³-hybridized carbons (Fsp3) is 0.333. The van der Waals surface area contributed by atoms with Crippen LogP contribution in [0.3, 0.4) is 0 Å². The molecular formula is C12H14KN2O-. The first kappa shape index (κ1) is 14.3. The van der Waals surface area contributed by atoms with Gasteiger partial charge >= 0.3 is 51.4 Å². The Kier molecular flexibility index (Phi) is 4.74. The van der Waals surface area contributed by atoms with Crippen molar-refractivity contribution < 1.29 is 56.2 Å². The molecule has 1 aromatic carbocycles. The second-order valence-corrected chi connectivity index (χ2v) is 3.93. The van der Waals surface area contributed by atoms with Crippen LogP contribution in [0.15, 0.2) is 18.2 Å². The molecule has 1 fully saturated rings. The normalized spacial score (nSPS) is 25.6. The molecule has 0 saturated carbocycles. The molecule has 1 atom stereocenters. The van der Waals surface area contributed by atoms with Crippen molar-refractivity contribution in [3.05, 3.63) is 37.3 Å². The Morgan fingerprint density at radius 2 is 2.25 bits per heavy atom. The Hall–Kier alpha value is 0.286. The molecule has 80 valence electrons. The van der Waals surface area contributed by atoms with Crippen LogP contribution in [0.25, 0.3) is 0 Å². The van der Waals surface area contributed by atoms with Crippen LogP contribution in [0.5, 0.6) is 0 Å². The summed E-state index contributed by atoms with van der Waals surface area (Å²) in [6.45, 7) is 1.67. The first-order valence-electron chi connectivity index (χ1n) is 4.86. The number of amides is 1. The van der Waals surface area contributed by atoms with Crippen molar-refractivity contribution in [3.8, 4) is 0 Å². The molecule has 1 aromatic rings. The second kappa shape index (κ2) is 5.29. The number of nitrogens with one attached hydrogen (secondary N) is 2. The van der Waals surface area contributed by atoms with Crippen molar-refractivity contribution >= 4 is 11.6 Å². The van der Waals surface area contributed by atoms with E-state index in [1.54, 1.807) is 0 Å². The summed E-state index contributed by atoms with van der Waals surface area (Å²) < 4.78 is 0. The molecule has 2 heterocycles. The summed E-state index contributed by atoms with van der Waals surface area (Å²) in [7, 11) is 0. The smallest absolute Gasteiger partial charge is 0.358 e. The fourth-order valence-corrected chi connectivity index (χ4v) is 2.42. The third-order valence-corrected chi connectivity index (χ3v) is 3.22. The van der Waals surface area contributed by atoms with Gasteiger partial charge < -0.3 is 18.1 Å². The Morgan fingerprint density at radius 1 is 1.44 bits per heavy atom. The van der Waals surface area contributed by atoms with E-state index in [2.05, 4.69) is 16.7 Å². The van der Waals surface area contributed by atoms with Gasteiger partial charge in [0.05, 0.1) is 0 Å². The van der Waals surface area contributed by atoms with Gasteiger partial charge in [-0.2, -0.15) is 18.2 Å². The van der Waals surface area contributed by atoms with E-state index in [1.165, 1.54) is 0 Å². The molecule has 0 radical (unpaired) electrons. The Bertz CT molecular complexity index is 400. The van der Waals surface area contributed by atoms with Crippen molar-refractivity contribution in [2.75, 3.05) is 18.4 Å². The maximum Gasteiger partial charge on any atom is 1.00 e. The molecule has 16 heavy (non-hydrogen) atoms. The van der Waals surface area contributed by atoms with Crippen LogP contribution in [-0.4, -0.2) is 19.0 Å². The summed E-state index contributed by atoms with van der Waals surface area (Å²) >= 11 is 0. The van der Waals surface area contributed by atoms with Crippen LogP contribution in [0, 0.1) is 13.5 Å². The summed E-state index contributed by atoms with van der Waals surface area (Å²) in [5, 5.41) is 6.18. The zero-order valence-electron chi connectivity index (χ0n) is 9.76. The number of benzene rings is 1. The molecule has 2 aliphatic heterocycles. The first-order chi connectivity index (χ1) is 6.83. The molecule has 1 unspecified atom stereocenters. The van der Waals surface area contributed by atoms with Gasteiger partial charge in [-0.1, -0.05) is 5.69 Å². The van der Waals surface area contributed by atoms with Gasteiger partial charge in [0.25, 0.3) is 0 Å². The van der Waals surface area contributed by atoms with Crippen LogP contribution in [0.4, 0.5) is 5.69 Å². The van der Waals surface area contributed by atoms with E-state index in [4.69, 9.17) is 0 Å². The summed E-state index contributed by atoms with van der Waals surface area (Å²) in [6, 6.07) is 8.73. The maximum absolute atomic E-state index is 11.9. The van der Waals surface area contributed by atoms with Gasteiger partial charge in [-0.15, -0.1) is 11.6 Å². The second-order valence-electron chi connectivity index (χ2n) is 3.93. The fourth-order valence-electron chi connectivity index (χ4n) is 2.42. The summed E-state index contributed by atoms with van der Waals surface area (Å²) in [4.78, 5) is 11.9. The van der Waals surface area contributed by atoms with E-state index in [1.807, 2.05) is 18.2 Å². The van der Waals surface area contributed by atoms with Gasteiger partial charge in [0.2, 0.25) is 5.91 Å². The van der Waals surface area contributed by atoms with Crippen LogP contribution < -0.4 is 62.0 Å². The van der Waals surface area contributed by atoms with E-state index in [0.717, 1.165) is 30.8 Å². The van der Waals surface area contributed by atoms with Gasteiger partial charge in [-0.25, -0.2) is 0 Å². The van der Waals surface area contributed by atoms with Gasteiger partial charge in [-0.3, -0.25) is 4.79 Å². The molecular weight excluding hydrogens is 227 g/mol. The van der Waals surface area contributed by atoms with E-state index < -0.39 is 0 Å². The molecule has 3 rings (SSSR count). The molecule has 1 amide bonds. The van der Waals surface area contributed by atoms with E-state index >= 15 is 0 Å². The van der Waals surface area contributed by atoms with Crippen LogP contribution >= 0.6 is 0 Å².